The molecule has 0 bridgehead atoms. The van der Waals surface area contributed by atoms with Crippen LogP contribution in [0.2, 0.25) is 0 Å². The third-order valence-electron chi connectivity index (χ3n) is 3.46. The van der Waals surface area contributed by atoms with E-state index in [0.717, 1.165) is 5.69 Å². The minimum absolute atomic E-state index is 0.0401. The number of benzene rings is 2. The van der Waals surface area contributed by atoms with Crippen molar-refractivity contribution in [2.75, 3.05) is 12.4 Å². The monoisotopic (exact) mass is 320 g/mol. The molecule has 0 fully saturated rings. The van der Waals surface area contributed by atoms with Crippen molar-refractivity contribution in [3.8, 4) is 11.8 Å². The fourth-order valence-electron chi connectivity index (χ4n) is 2.30. The number of hydrogen-bond acceptors (Lipinski definition) is 6. The number of nitrogens with zero attached hydrogens (tertiary/aromatic N) is 3. The molecule has 3 aromatic rings. The molecule has 0 aliphatic carbocycles. The molecule has 0 aliphatic rings. The molecule has 0 saturated carbocycles. The van der Waals surface area contributed by atoms with Gasteiger partial charge in [-0.25, -0.2) is 4.98 Å². The molecule has 1 aromatic heterocycles. The number of nitriles is 1. The molecule has 0 amide bonds. The molecular formula is C17H12N4O3. The van der Waals surface area contributed by atoms with Gasteiger partial charge in [0.25, 0.3) is 5.69 Å². The fourth-order valence-corrected chi connectivity index (χ4v) is 2.30. The summed E-state index contributed by atoms with van der Waals surface area (Å²) in [6, 6.07) is 15.2. The van der Waals surface area contributed by atoms with E-state index in [-0.39, 0.29) is 5.69 Å². The molecule has 0 unspecified atom stereocenters. The first-order chi connectivity index (χ1) is 11.6. The third-order valence-corrected chi connectivity index (χ3v) is 3.46. The maximum Gasteiger partial charge on any atom is 0.270 e. The lowest BCUT2D eigenvalue weighted by molar-refractivity contribution is -0.384. The van der Waals surface area contributed by atoms with E-state index >= 15 is 0 Å². The van der Waals surface area contributed by atoms with Crippen LogP contribution >= 0.6 is 0 Å². The van der Waals surface area contributed by atoms with Gasteiger partial charge in [-0.3, -0.25) is 10.1 Å². The van der Waals surface area contributed by atoms with E-state index in [1.54, 1.807) is 25.3 Å². The molecule has 118 valence electrons. The molecule has 0 spiro atoms. The first-order valence-corrected chi connectivity index (χ1v) is 7.01. The summed E-state index contributed by atoms with van der Waals surface area (Å²) < 4.78 is 5.17. The average molecular weight is 320 g/mol. The SMILES string of the molecule is COc1cccc(Nc2nc3ccc([N+](=O)[O-])cc3cc2C#N)c1. The zero-order chi connectivity index (χ0) is 17.1. The summed E-state index contributed by atoms with van der Waals surface area (Å²) in [6.45, 7) is 0. The number of rotatable bonds is 4. The Bertz CT molecular complexity index is 979. The zero-order valence-corrected chi connectivity index (χ0v) is 12.7. The Balaban J connectivity index is 2.05. The molecule has 7 nitrogen and oxygen atoms in total. The summed E-state index contributed by atoms with van der Waals surface area (Å²) in [5.41, 5.74) is 1.54. The van der Waals surface area contributed by atoms with Gasteiger partial charge in [-0.15, -0.1) is 0 Å². The smallest absolute Gasteiger partial charge is 0.270 e. The van der Waals surface area contributed by atoms with Crippen LogP contribution in [0.15, 0.2) is 48.5 Å². The lowest BCUT2D eigenvalue weighted by Gasteiger charge is -2.10. The Morgan fingerprint density at radius 1 is 1.25 bits per heavy atom. The minimum atomic E-state index is -0.478. The first kappa shape index (κ1) is 15.2. The Morgan fingerprint density at radius 2 is 2.08 bits per heavy atom. The second-order valence-electron chi connectivity index (χ2n) is 4.99. The van der Waals surface area contributed by atoms with Crippen LogP contribution in [0.25, 0.3) is 10.9 Å². The summed E-state index contributed by atoms with van der Waals surface area (Å²) in [6.07, 6.45) is 0. The van der Waals surface area contributed by atoms with Crippen molar-refractivity contribution in [1.82, 2.24) is 4.98 Å². The van der Waals surface area contributed by atoms with Crippen LogP contribution in [0, 0.1) is 21.4 Å². The second kappa shape index (κ2) is 6.22. The highest BCUT2D eigenvalue weighted by atomic mass is 16.6. The standard InChI is InChI=1S/C17H12N4O3/c1-24-15-4-2-3-13(9-15)19-17-12(10-18)7-11-8-14(21(22)23)5-6-16(11)20-17/h2-9H,1H3,(H,19,20). The summed E-state index contributed by atoms with van der Waals surface area (Å²) in [4.78, 5) is 14.8. The predicted molar refractivity (Wildman–Crippen MR) is 89.4 cm³/mol. The Labute approximate surface area is 137 Å². The molecule has 2 aromatic carbocycles. The van der Waals surface area contributed by atoms with Crippen LogP contribution in [0.3, 0.4) is 0 Å². The highest BCUT2D eigenvalue weighted by molar-refractivity contribution is 5.85. The summed E-state index contributed by atoms with van der Waals surface area (Å²) >= 11 is 0. The van der Waals surface area contributed by atoms with E-state index in [4.69, 9.17) is 4.74 Å². The number of pyridine rings is 1. The highest BCUT2D eigenvalue weighted by Crippen LogP contribution is 2.27. The molecule has 24 heavy (non-hydrogen) atoms. The number of fused-ring (bicyclic) bond motifs is 1. The van der Waals surface area contributed by atoms with Gasteiger partial charge in [-0.05, 0) is 24.3 Å². The summed E-state index contributed by atoms with van der Waals surface area (Å²) in [5, 5.41) is 23.8. The van der Waals surface area contributed by atoms with Crippen molar-refractivity contribution in [2.24, 2.45) is 0 Å². The largest absolute Gasteiger partial charge is 0.497 e. The molecule has 1 N–H and O–H groups in total. The van der Waals surface area contributed by atoms with E-state index in [2.05, 4.69) is 16.4 Å². The lowest BCUT2D eigenvalue weighted by Crippen LogP contribution is -1.98. The fraction of sp³-hybridized carbons (Fsp3) is 0.0588. The zero-order valence-electron chi connectivity index (χ0n) is 12.7. The number of anilines is 2. The van der Waals surface area contributed by atoms with Crippen LogP contribution in [-0.2, 0) is 0 Å². The van der Waals surface area contributed by atoms with E-state index in [0.29, 0.717) is 28.0 Å². The number of aromatic nitrogens is 1. The Kier molecular flexibility index (Phi) is 3.95. The number of nitro groups is 1. The Morgan fingerprint density at radius 3 is 2.79 bits per heavy atom. The van der Waals surface area contributed by atoms with Crippen LogP contribution in [-0.4, -0.2) is 17.0 Å². The van der Waals surface area contributed by atoms with E-state index in [9.17, 15) is 15.4 Å². The molecule has 0 atom stereocenters. The molecule has 0 aliphatic heterocycles. The molecule has 0 radical (unpaired) electrons. The first-order valence-electron chi connectivity index (χ1n) is 7.01. The average Bonchev–Trinajstić information content (AvgIpc) is 2.60. The van der Waals surface area contributed by atoms with E-state index < -0.39 is 4.92 Å². The van der Waals surface area contributed by atoms with E-state index in [1.807, 2.05) is 18.2 Å². The molecule has 1 heterocycles. The quantitative estimate of drug-likeness (QED) is 0.580. The third kappa shape index (κ3) is 2.94. The van der Waals surface area contributed by atoms with Gasteiger partial charge < -0.3 is 10.1 Å². The van der Waals surface area contributed by atoms with Gasteiger partial charge in [-0.2, -0.15) is 5.26 Å². The van der Waals surface area contributed by atoms with Gasteiger partial charge in [0.15, 0.2) is 0 Å². The van der Waals surface area contributed by atoms with Crippen LogP contribution in [0.1, 0.15) is 5.56 Å². The van der Waals surface area contributed by atoms with Crippen molar-refractivity contribution in [3.63, 3.8) is 0 Å². The summed E-state index contributed by atoms with van der Waals surface area (Å²) in [7, 11) is 1.57. The number of hydrogen-bond donors (Lipinski definition) is 1. The minimum Gasteiger partial charge on any atom is -0.497 e. The van der Waals surface area contributed by atoms with Crippen LogP contribution in [0.5, 0.6) is 5.75 Å². The van der Waals surface area contributed by atoms with Gasteiger partial charge in [0.2, 0.25) is 0 Å². The second-order valence-corrected chi connectivity index (χ2v) is 4.99. The Hall–Kier alpha value is -3.66. The topological polar surface area (TPSA) is 101 Å². The van der Waals surface area contributed by atoms with Gasteiger partial charge in [-0.1, -0.05) is 6.07 Å². The van der Waals surface area contributed by atoms with Crippen molar-refractivity contribution in [2.45, 2.75) is 0 Å². The number of ether oxygens (including phenoxy) is 1. The van der Waals surface area contributed by atoms with Gasteiger partial charge in [0, 0.05) is 29.3 Å². The van der Waals surface area contributed by atoms with Crippen molar-refractivity contribution >= 4 is 28.1 Å². The van der Waals surface area contributed by atoms with Gasteiger partial charge in [0.05, 0.1) is 23.1 Å². The number of non-ortho nitro benzene ring substituents is 1. The number of nitrogens with one attached hydrogen (secondary N) is 1. The molecule has 3 rings (SSSR count). The van der Waals surface area contributed by atoms with Crippen molar-refractivity contribution in [3.05, 3.63) is 64.2 Å². The molecular weight excluding hydrogens is 308 g/mol. The van der Waals surface area contributed by atoms with E-state index in [1.165, 1.54) is 12.1 Å². The normalized spacial score (nSPS) is 10.2. The van der Waals surface area contributed by atoms with Crippen LogP contribution in [0.4, 0.5) is 17.2 Å². The summed E-state index contributed by atoms with van der Waals surface area (Å²) in [5.74, 6) is 1.06. The van der Waals surface area contributed by atoms with Gasteiger partial charge in [0.1, 0.15) is 17.6 Å². The van der Waals surface area contributed by atoms with Crippen molar-refractivity contribution in [1.29, 1.82) is 5.26 Å². The number of nitro benzene ring substituents is 1. The molecule has 0 saturated heterocycles. The lowest BCUT2D eigenvalue weighted by atomic mass is 10.1. The molecule has 7 heteroatoms. The van der Waals surface area contributed by atoms with Gasteiger partial charge >= 0.3 is 0 Å². The number of methoxy groups -OCH3 is 1. The highest BCUT2D eigenvalue weighted by Gasteiger charge is 2.11. The van der Waals surface area contributed by atoms with Crippen molar-refractivity contribution < 1.29 is 9.66 Å². The maximum absolute atomic E-state index is 10.9. The predicted octanol–water partition coefficient (Wildman–Crippen LogP) is 3.77. The maximum atomic E-state index is 10.9. The van der Waals surface area contributed by atoms with Crippen LogP contribution < -0.4 is 10.1 Å².